The zero-order valence-corrected chi connectivity index (χ0v) is 19.7. The lowest BCUT2D eigenvalue weighted by Gasteiger charge is -2.14. The van der Waals surface area contributed by atoms with Crippen LogP contribution >= 0.6 is 11.6 Å². The van der Waals surface area contributed by atoms with Crippen LogP contribution in [0.2, 0.25) is 5.02 Å². The van der Waals surface area contributed by atoms with Gasteiger partial charge in [-0.2, -0.15) is 8.42 Å². The summed E-state index contributed by atoms with van der Waals surface area (Å²) in [4.78, 5) is 14.8. The van der Waals surface area contributed by atoms with Gasteiger partial charge in [0.05, 0.1) is 28.3 Å². The van der Waals surface area contributed by atoms with Gasteiger partial charge in [-0.3, -0.25) is 4.79 Å². The van der Waals surface area contributed by atoms with E-state index in [1.807, 2.05) is 41.0 Å². The third-order valence-corrected chi connectivity index (χ3v) is 6.95. The Kier molecular flexibility index (Phi) is 6.44. The average molecular weight is 487 g/mol. The molecule has 3 aromatic rings. The second kappa shape index (κ2) is 9.29. The molecule has 172 valence electrons. The highest BCUT2D eigenvalue weighted by Gasteiger charge is 2.21. The van der Waals surface area contributed by atoms with Crippen molar-refractivity contribution < 1.29 is 17.9 Å². The highest BCUT2D eigenvalue weighted by Crippen LogP contribution is 2.31. The fraction of sp³-hybridized carbons (Fsp3) is 0.217. The third kappa shape index (κ3) is 4.89. The van der Waals surface area contributed by atoms with Gasteiger partial charge in [-0.15, -0.1) is 4.40 Å². The van der Waals surface area contributed by atoms with Crippen LogP contribution in [0.1, 0.15) is 23.2 Å². The smallest absolute Gasteiger partial charge is 0.284 e. The summed E-state index contributed by atoms with van der Waals surface area (Å²) in [6.07, 6.45) is 5.15. The van der Waals surface area contributed by atoms with Crippen molar-refractivity contribution >= 4 is 39.1 Å². The van der Waals surface area contributed by atoms with Crippen LogP contribution in [-0.2, 0) is 10.0 Å². The molecule has 1 saturated heterocycles. The van der Waals surface area contributed by atoms with Gasteiger partial charge in [0, 0.05) is 44.2 Å². The predicted octanol–water partition coefficient (Wildman–Crippen LogP) is 4.20. The van der Waals surface area contributed by atoms with E-state index in [9.17, 15) is 13.2 Å². The Morgan fingerprint density at radius 3 is 2.58 bits per heavy atom. The lowest BCUT2D eigenvalue weighted by atomic mass is 10.1. The molecule has 2 heterocycles. The summed E-state index contributed by atoms with van der Waals surface area (Å²) in [5, 5.41) is 3.09. The molecular formula is C23H23ClN4O4S. The molecule has 0 saturated carbocycles. The molecule has 0 unspecified atom stereocenters. The Balaban J connectivity index is 1.60. The van der Waals surface area contributed by atoms with Crippen LogP contribution in [0.25, 0.3) is 5.69 Å². The maximum absolute atomic E-state index is 13.0. The summed E-state index contributed by atoms with van der Waals surface area (Å²) in [6.45, 7) is 0.776. The minimum Gasteiger partial charge on any atom is -0.496 e. The first kappa shape index (κ1) is 22.9. The maximum atomic E-state index is 13.0. The predicted molar refractivity (Wildman–Crippen MR) is 128 cm³/mol. The van der Waals surface area contributed by atoms with Gasteiger partial charge >= 0.3 is 0 Å². The van der Waals surface area contributed by atoms with Crippen molar-refractivity contribution in [1.82, 2.24) is 9.47 Å². The molecule has 4 rings (SSSR count). The Hall–Kier alpha value is -3.30. The van der Waals surface area contributed by atoms with Crippen molar-refractivity contribution in [1.29, 1.82) is 0 Å². The monoisotopic (exact) mass is 486 g/mol. The van der Waals surface area contributed by atoms with E-state index in [4.69, 9.17) is 16.3 Å². The van der Waals surface area contributed by atoms with Crippen LogP contribution in [0.3, 0.4) is 0 Å². The molecule has 33 heavy (non-hydrogen) atoms. The number of rotatable bonds is 6. The molecule has 1 aliphatic heterocycles. The number of halogens is 1. The number of amidine groups is 1. The molecule has 1 fully saturated rings. The maximum Gasteiger partial charge on any atom is 0.284 e. The zero-order valence-electron chi connectivity index (χ0n) is 18.2. The fourth-order valence-electron chi connectivity index (χ4n) is 3.62. The van der Waals surface area contributed by atoms with Crippen LogP contribution in [0, 0.1) is 0 Å². The van der Waals surface area contributed by atoms with Crippen molar-refractivity contribution in [2.75, 3.05) is 26.0 Å². The number of anilines is 1. The second-order valence-electron chi connectivity index (χ2n) is 7.58. The van der Waals surface area contributed by atoms with Crippen molar-refractivity contribution in [3.05, 3.63) is 71.5 Å². The number of likely N-dealkylation sites (tertiary alicyclic amines) is 1. The van der Waals surface area contributed by atoms with Crippen molar-refractivity contribution in [3.8, 4) is 11.4 Å². The minimum atomic E-state index is -3.90. The Bertz CT molecular complexity index is 1320. The van der Waals surface area contributed by atoms with E-state index in [2.05, 4.69) is 9.71 Å². The molecule has 0 spiro atoms. The first-order valence-corrected chi connectivity index (χ1v) is 12.1. The number of nitrogens with zero attached hydrogens (tertiary/aromatic N) is 3. The molecule has 10 heteroatoms. The van der Waals surface area contributed by atoms with E-state index < -0.39 is 15.9 Å². The highest BCUT2D eigenvalue weighted by atomic mass is 35.5. The van der Waals surface area contributed by atoms with Gasteiger partial charge < -0.3 is 19.5 Å². The number of nitrogens with one attached hydrogen (secondary N) is 1. The second-order valence-corrected chi connectivity index (χ2v) is 9.60. The third-order valence-electron chi connectivity index (χ3n) is 5.35. The number of benzene rings is 2. The summed E-state index contributed by atoms with van der Waals surface area (Å²) in [7, 11) is -0.622. The quantitative estimate of drug-likeness (QED) is 0.563. The normalized spacial score (nSPS) is 15.1. The van der Waals surface area contributed by atoms with Gasteiger partial charge in [-0.05, 0) is 42.8 Å². The van der Waals surface area contributed by atoms with E-state index in [1.165, 1.54) is 25.3 Å². The molecule has 0 radical (unpaired) electrons. The summed E-state index contributed by atoms with van der Waals surface area (Å²) in [5.74, 6) is 0.385. The molecule has 8 nitrogen and oxygen atoms in total. The van der Waals surface area contributed by atoms with E-state index >= 15 is 0 Å². The number of carbonyl (C=O) groups is 1. The van der Waals surface area contributed by atoms with E-state index in [0.717, 1.165) is 13.0 Å². The number of aromatic nitrogens is 1. The largest absolute Gasteiger partial charge is 0.496 e. The van der Waals surface area contributed by atoms with E-state index in [-0.39, 0.29) is 10.5 Å². The fourth-order valence-corrected chi connectivity index (χ4v) is 5.02. The van der Waals surface area contributed by atoms with Gasteiger partial charge in [0.1, 0.15) is 11.6 Å². The van der Waals surface area contributed by atoms with Gasteiger partial charge in [-0.1, -0.05) is 17.7 Å². The van der Waals surface area contributed by atoms with Gasteiger partial charge in [0.2, 0.25) is 0 Å². The Labute approximate surface area is 197 Å². The molecule has 2 aromatic carbocycles. The molecule has 0 atom stereocenters. The van der Waals surface area contributed by atoms with Gasteiger partial charge in [0.15, 0.2) is 0 Å². The molecular weight excluding hydrogens is 464 g/mol. The summed E-state index contributed by atoms with van der Waals surface area (Å²) < 4.78 is 36.7. The molecule has 1 aliphatic rings. The van der Waals surface area contributed by atoms with Crippen LogP contribution in [-0.4, -0.2) is 50.3 Å². The molecule has 0 aliphatic carbocycles. The van der Waals surface area contributed by atoms with Crippen LogP contribution < -0.4 is 10.1 Å². The molecule has 1 amide bonds. The molecule has 0 bridgehead atoms. The number of amides is 1. The summed E-state index contributed by atoms with van der Waals surface area (Å²) in [5.41, 5.74) is 1.20. The SMILES string of the molecule is COc1cc(-n2cccc2)c(Cl)cc1C(=O)Nc1cccc(S(=O)(=O)/N=C2/CCCN2C)c1. The Morgan fingerprint density at radius 2 is 1.91 bits per heavy atom. The van der Waals surface area contributed by atoms with Crippen molar-refractivity contribution in [2.45, 2.75) is 17.7 Å². The van der Waals surface area contributed by atoms with Gasteiger partial charge in [-0.25, -0.2) is 0 Å². The first-order valence-electron chi connectivity index (χ1n) is 10.3. The van der Waals surface area contributed by atoms with E-state index in [1.54, 1.807) is 18.2 Å². The standard InChI is InChI=1S/C23H23ClN4O4S/c1-27-10-6-9-22(27)26-33(30,31)17-8-5-7-16(13-17)25-23(29)18-14-19(24)20(15-21(18)32-2)28-11-3-4-12-28/h3-5,7-8,11-15H,6,9-10H2,1-2H3,(H,25,29)/b26-22-. The van der Waals surface area contributed by atoms with Crippen LogP contribution in [0.5, 0.6) is 5.75 Å². The number of hydrogen-bond donors (Lipinski definition) is 1. The minimum absolute atomic E-state index is 0.000975. The average Bonchev–Trinajstić information content (AvgIpc) is 3.46. The Morgan fingerprint density at radius 1 is 1.15 bits per heavy atom. The number of methoxy groups -OCH3 is 1. The van der Waals surface area contributed by atoms with Gasteiger partial charge in [0.25, 0.3) is 15.9 Å². The summed E-state index contributed by atoms with van der Waals surface area (Å²) in [6, 6.07) is 12.9. The number of carbonyl (C=O) groups excluding carboxylic acids is 1. The number of ether oxygens (including phenoxy) is 1. The molecule has 1 N–H and O–H groups in total. The lowest BCUT2D eigenvalue weighted by molar-refractivity contribution is 0.102. The first-order chi connectivity index (χ1) is 15.8. The summed E-state index contributed by atoms with van der Waals surface area (Å²) >= 11 is 6.42. The highest BCUT2D eigenvalue weighted by molar-refractivity contribution is 7.90. The van der Waals surface area contributed by atoms with Crippen LogP contribution in [0.15, 0.2) is 70.2 Å². The van der Waals surface area contributed by atoms with Crippen molar-refractivity contribution in [2.24, 2.45) is 4.40 Å². The number of hydrogen-bond acceptors (Lipinski definition) is 4. The topological polar surface area (TPSA) is 93.0 Å². The van der Waals surface area contributed by atoms with Crippen LogP contribution in [0.4, 0.5) is 5.69 Å². The lowest BCUT2D eigenvalue weighted by Crippen LogP contribution is -2.20. The van der Waals surface area contributed by atoms with Crippen molar-refractivity contribution in [3.63, 3.8) is 0 Å². The number of sulfonamides is 1. The zero-order chi connectivity index (χ0) is 23.6. The van der Waals surface area contributed by atoms with E-state index in [0.29, 0.717) is 34.4 Å². The molecule has 1 aromatic heterocycles.